The molecule has 0 saturated heterocycles. The van der Waals surface area contributed by atoms with Gasteiger partial charge in [0.15, 0.2) is 0 Å². The summed E-state index contributed by atoms with van der Waals surface area (Å²) in [5.41, 5.74) is 6.49. The third kappa shape index (κ3) is 3.98. The molecule has 2 aliphatic rings. The van der Waals surface area contributed by atoms with Crippen molar-refractivity contribution in [3.63, 3.8) is 0 Å². The minimum atomic E-state index is 0.537. The molecule has 2 fully saturated rings. The second-order valence-electron chi connectivity index (χ2n) is 7.94. The van der Waals surface area contributed by atoms with Crippen LogP contribution in [0.15, 0.2) is 0 Å². The summed E-state index contributed by atoms with van der Waals surface area (Å²) in [6.45, 7) is 8.13. The first-order valence-corrected chi connectivity index (χ1v) is 9.03. The molecule has 2 aliphatic carbocycles. The van der Waals surface area contributed by atoms with E-state index in [1.165, 1.54) is 57.8 Å². The van der Waals surface area contributed by atoms with E-state index >= 15 is 0 Å². The van der Waals surface area contributed by atoms with Crippen LogP contribution in [0, 0.1) is 17.3 Å². The molecule has 0 aromatic carbocycles. The quantitative estimate of drug-likeness (QED) is 0.796. The molecule has 0 aromatic rings. The Labute approximate surface area is 126 Å². The van der Waals surface area contributed by atoms with E-state index in [1.807, 2.05) is 0 Å². The molecule has 0 heterocycles. The van der Waals surface area contributed by atoms with Gasteiger partial charge in [-0.15, -0.1) is 0 Å². The highest BCUT2D eigenvalue weighted by molar-refractivity contribution is 4.89. The SMILES string of the molecule is CCC(C)(C)C1CCC(NC2CCCCC2CN)CC1. The zero-order valence-electron chi connectivity index (χ0n) is 14.0. The maximum absolute atomic E-state index is 5.96. The van der Waals surface area contributed by atoms with Crippen molar-refractivity contribution in [2.45, 2.75) is 90.6 Å². The van der Waals surface area contributed by atoms with Crippen molar-refractivity contribution < 1.29 is 0 Å². The Morgan fingerprint density at radius 1 is 1.00 bits per heavy atom. The minimum Gasteiger partial charge on any atom is -0.330 e. The molecule has 2 nitrogen and oxygen atoms in total. The first-order valence-electron chi connectivity index (χ1n) is 9.03. The average molecular weight is 280 g/mol. The predicted molar refractivity (Wildman–Crippen MR) is 87.8 cm³/mol. The van der Waals surface area contributed by atoms with Gasteiger partial charge >= 0.3 is 0 Å². The molecule has 20 heavy (non-hydrogen) atoms. The standard InChI is InChI=1S/C18H36N2/c1-4-18(2,3)15-9-11-16(12-10-15)20-17-8-6-5-7-14(17)13-19/h14-17,20H,4-13,19H2,1-3H3. The predicted octanol–water partition coefficient (Wildman–Crippen LogP) is 4.09. The van der Waals surface area contributed by atoms with Crippen molar-refractivity contribution in [1.82, 2.24) is 5.32 Å². The van der Waals surface area contributed by atoms with Crippen LogP contribution in [-0.4, -0.2) is 18.6 Å². The van der Waals surface area contributed by atoms with Crippen LogP contribution in [0.2, 0.25) is 0 Å². The topological polar surface area (TPSA) is 38.0 Å². The van der Waals surface area contributed by atoms with Gasteiger partial charge in [0.05, 0.1) is 0 Å². The van der Waals surface area contributed by atoms with Crippen LogP contribution < -0.4 is 11.1 Å². The zero-order valence-corrected chi connectivity index (χ0v) is 14.0. The van der Waals surface area contributed by atoms with Gasteiger partial charge in [-0.3, -0.25) is 0 Å². The third-order valence-electron chi connectivity index (χ3n) is 6.41. The first-order chi connectivity index (χ1) is 9.56. The molecule has 118 valence electrons. The molecule has 2 unspecified atom stereocenters. The molecule has 0 spiro atoms. The Kier molecular flexibility index (Phi) is 5.92. The van der Waals surface area contributed by atoms with E-state index in [1.54, 1.807) is 0 Å². The Hall–Kier alpha value is -0.0800. The highest BCUT2D eigenvalue weighted by Gasteiger charge is 2.33. The van der Waals surface area contributed by atoms with Crippen molar-refractivity contribution in [3.8, 4) is 0 Å². The van der Waals surface area contributed by atoms with E-state index in [4.69, 9.17) is 5.73 Å². The van der Waals surface area contributed by atoms with E-state index in [-0.39, 0.29) is 0 Å². The van der Waals surface area contributed by atoms with Crippen molar-refractivity contribution in [1.29, 1.82) is 0 Å². The van der Waals surface area contributed by atoms with Gasteiger partial charge in [-0.2, -0.15) is 0 Å². The van der Waals surface area contributed by atoms with Crippen LogP contribution in [0.5, 0.6) is 0 Å². The van der Waals surface area contributed by atoms with E-state index in [0.29, 0.717) is 11.5 Å². The number of hydrogen-bond acceptors (Lipinski definition) is 2. The lowest BCUT2D eigenvalue weighted by molar-refractivity contribution is 0.126. The second-order valence-corrected chi connectivity index (χ2v) is 7.94. The lowest BCUT2D eigenvalue weighted by atomic mass is 9.68. The number of nitrogens with two attached hydrogens (primary N) is 1. The third-order valence-corrected chi connectivity index (χ3v) is 6.41. The molecular weight excluding hydrogens is 244 g/mol. The number of rotatable bonds is 5. The smallest absolute Gasteiger partial charge is 0.0110 e. The van der Waals surface area contributed by atoms with Crippen molar-refractivity contribution in [3.05, 3.63) is 0 Å². The molecule has 2 atom stereocenters. The summed E-state index contributed by atoms with van der Waals surface area (Å²) in [4.78, 5) is 0. The van der Waals surface area contributed by atoms with Crippen molar-refractivity contribution in [2.24, 2.45) is 23.0 Å². The van der Waals surface area contributed by atoms with Crippen LogP contribution in [0.1, 0.15) is 78.6 Å². The van der Waals surface area contributed by atoms with Gasteiger partial charge in [0.25, 0.3) is 0 Å². The van der Waals surface area contributed by atoms with E-state index in [2.05, 4.69) is 26.1 Å². The van der Waals surface area contributed by atoms with Gasteiger partial charge in [0.1, 0.15) is 0 Å². The Balaban J connectivity index is 1.79. The fourth-order valence-corrected chi connectivity index (χ4v) is 4.34. The molecule has 3 N–H and O–H groups in total. The van der Waals surface area contributed by atoms with Gasteiger partial charge in [0.2, 0.25) is 0 Å². The summed E-state index contributed by atoms with van der Waals surface area (Å²) >= 11 is 0. The Morgan fingerprint density at radius 2 is 1.65 bits per heavy atom. The van der Waals surface area contributed by atoms with Crippen LogP contribution in [-0.2, 0) is 0 Å². The van der Waals surface area contributed by atoms with Crippen LogP contribution in [0.4, 0.5) is 0 Å². The summed E-state index contributed by atoms with van der Waals surface area (Å²) in [7, 11) is 0. The van der Waals surface area contributed by atoms with Crippen molar-refractivity contribution >= 4 is 0 Å². The summed E-state index contributed by atoms with van der Waals surface area (Å²) in [5, 5.41) is 3.97. The molecule has 0 aromatic heterocycles. The van der Waals surface area contributed by atoms with Crippen LogP contribution in [0.25, 0.3) is 0 Å². The van der Waals surface area contributed by atoms with Gasteiger partial charge in [-0.25, -0.2) is 0 Å². The largest absolute Gasteiger partial charge is 0.330 e. The van der Waals surface area contributed by atoms with Crippen LogP contribution >= 0.6 is 0 Å². The lowest BCUT2D eigenvalue weighted by Gasteiger charge is -2.41. The normalized spacial score (nSPS) is 36.0. The summed E-state index contributed by atoms with van der Waals surface area (Å²) in [6.07, 6.45) is 12.4. The molecule has 0 aliphatic heterocycles. The highest BCUT2D eigenvalue weighted by Crippen LogP contribution is 2.40. The summed E-state index contributed by atoms with van der Waals surface area (Å²) < 4.78 is 0. The number of hydrogen-bond donors (Lipinski definition) is 2. The van der Waals surface area contributed by atoms with Crippen molar-refractivity contribution in [2.75, 3.05) is 6.54 Å². The lowest BCUT2D eigenvalue weighted by Crippen LogP contribution is -2.48. The highest BCUT2D eigenvalue weighted by atomic mass is 15.0. The Bertz CT molecular complexity index is 279. The molecule has 2 saturated carbocycles. The molecule has 0 radical (unpaired) electrons. The first kappa shape index (κ1) is 16.3. The molecule has 0 amide bonds. The van der Waals surface area contributed by atoms with Gasteiger partial charge in [-0.05, 0) is 62.3 Å². The maximum atomic E-state index is 5.96. The van der Waals surface area contributed by atoms with E-state index < -0.39 is 0 Å². The summed E-state index contributed by atoms with van der Waals surface area (Å²) in [6, 6.07) is 1.46. The summed E-state index contributed by atoms with van der Waals surface area (Å²) in [5.74, 6) is 1.66. The molecular formula is C18H36N2. The number of nitrogens with one attached hydrogen (secondary N) is 1. The molecule has 2 rings (SSSR count). The van der Waals surface area contributed by atoms with Gasteiger partial charge in [0, 0.05) is 12.1 Å². The fraction of sp³-hybridized carbons (Fsp3) is 1.00. The monoisotopic (exact) mass is 280 g/mol. The van der Waals surface area contributed by atoms with E-state index in [9.17, 15) is 0 Å². The van der Waals surface area contributed by atoms with Crippen LogP contribution in [0.3, 0.4) is 0 Å². The molecule has 2 heteroatoms. The fourth-order valence-electron chi connectivity index (χ4n) is 4.34. The zero-order chi connectivity index (χ0) is 14.6. The van der Waals surface area contributed by atoms with Gasteiger partial charge < -0.3 is 11.1 Å². The minimum absolute atomic E-state index is 0.537. The van der Waals surface area contributed by atoms with E-state index in [0.717, 1.165) is 24.4 Å². The van der Waals surface area contributed by atoms with Gasteiger partial charge in [-0.1, -0.05) is 40.0 Å². The average Bonchev–Trinajstić information content (AvgIpc) is 2.48. The Morgan fingerprint density at radius 3 is 2.25 bits per heavy atom. The molecule has 0 bridgehead atoms. The second kappa shape index (κ2) is 7.26. The maximum Gasteiger partial charge on any atom is 0.0110 e.